The van der Waals surface area contributed by atoms with Crippen LogP contribution in [0.25, 0.3) is 0 Å². The van der Waals surface area contributed by atoms with Gasteiger partial charge < -0.3 is 5.32 Å². The molecule has 0 rings (SSSR count). The Hall–Kier alpha value is -0.390. The fraction of sp³-hybridized carbons (Fsp3) is 0.692. The van der Waals surface area contributed by atoms with E-state index in [4.69, 9.17) is 6.42 Å². The van der Waals surface area contributed by atoms with E-state index >= 15 is 0 Å². The number of thioether (sulfide) groups is 1. The van der Waals surface area contributed by atoms with E-state index in [0.717, 1.165) is 18.1 Å². The van der Waals surface area contributed by atoms with Crippen LogP contribution in [0.1, 0.15) is 33.6 Å². The molecule has 0 aromatic heterocycles. The molecule has 2 heteroatoms. The van der Waals surface area contributed by atoms with Gasteiger partial charge >= 0.3 is 0 Å². The molecule has 0 aromatic rings. The molecular formula is C13H23NS. The van der Waals surface area contributed by atoms with Crippen LogP contribution in [-0.4, -0.2) is 24.1 Å². The lowest BCUT2D eigenvalue weighted by molar-refractivity contribution is 0.536. The standard InChI is InChI=1S/C13H23NS/c1-5-10-15-11-9-14-13(4)8-6-7-12(2)3/h1,7,13-14H,6,8-11H2,2-4H3. The second-order valence-electron chi connectivity index (χ2n) is 3.97. The van der Waals surface area contributed by atoms with E-state index in [1.807, 2.05) is 11.8 Å². The maximum absolute atomic E-state index is 5.17. The zero-order valence-corrected chi connectivity index (χ0v) is 11.0. The van der Waals surface area contributed by atoms with Crippen LogP contribution in [0.2, 0.25) is 0 Å². The lowest BCUT2D eigenvalue weighted by atomic mass is 10.1. The summed E-state index contributed by atoms with van der Waals surface area (Å²) >= 11 is 1.81. The van der Waals surface area contributed by atoms with Crippen molar-refractivity contribution in [3.63, 3.8) is 0 Å². The van der Waals surface area contributed by atoms with E-state index < -0.39 is 0 Å². The van der Waals surface area contributed by atoms with E-state index in [2.05, 4.69) is 38.1 Å². The van der Waals surface area contributed by atoms with Crippen molar-refractivity contribution in [1.82, 2.24) is 5.32 Å². The normalized spacial score (nSPS) is 11.9. The molecule has 1 nitrogen and oxygen atoms in total. The maximum Gasteiger partial charge on any atom is 0.0545 e. The summed E-state index contributed by atoms with van der Waals surface area (Å²) in [5, 5.41) is 3.50. The van der Waals surface area contributed by atoms with Crippen molar-refractivity contribution in [2.45, 2.75) is 39.7 Å². The molecule has 0 aliphatic rings. The van der Waals surface area contributed by atoms with Crippen LogP contribution in [0.5, 0.6) is 0 Å². The minimum absolute atomic E-state index is 0.604. The lowest BCUT2D eigenvalue weighted by Crippen LogP contribution is -2.27. The molecule has 0 amide bonds. The SMILES string of the molecule is C#CCSCCNC(C)CCC=C(C)C. The van der Waals surface area contributed by atoms with Crippen molar-refractivity contribution in [2.24, 2.45) is 0 Å². The molecule has 0 bridgehead atoms. The molecule has 86 valence electrons. The molecule has 0 aliphatic heterocycles. The molecule has 1 atom stereocenters. The molecule has 1 unspecified atom stereocenters. The molecule has 0 fully saturated rings. The van der Waals surface area contributed by atoms with Crippen molar-refractivity contribution in [3.05, 3.63) is 11.6 Å². The maximum atomic E-state index is 5.17. The average Bonchev–Trinajstić information content (AvgIpc) is 2.17. The van der Waals surface area contributed by atoms with Gasteiger partial charge in [-0.25, -0.2) is 0 Å². The van der Waals surface area contributed by atoms with Gasteiger partial charge in [0.15, 0.2) is 0 Å². The summed E-state index contributed by atoms with van der Waals surface area (Å²) in [5.41, 5.74) is 1.41. The first-order chi connectivity index (χ1) is 7.16. The highest BCUT2D eigenvalue weighted by Gasteiger charge is 1.98. The van der Waals surface area contributed by atoms with Gasteiger partial charge in [0.1, 0.15) is 0 Å². The molecule has 0 aliphatic carbocycles. The highest BCUT2D eigenvalue weighted by atomic mass is 32.2. The van der Waals surface area contributed by atoms with Crippen LogP contribution in [0.4, 0.5) is 0 Å². The second kappa shape index (κ2) is 10.1. The third kappa shape index (κ3) is 11.5. The first-order valence-corrected chi connectivity index (χ1v) is 6.70. The van der Waals surface area contributed by atoms with E-state index in [9.17, 15) is 0 Å². The van der Waals surface area contributed by atoms with Crippen LogP contribution < -0.4 is 5.32 Å². The molecule has 0 spiro atoms. The van der Waals surface area contributed by atoms with Crippen LogP contribution in [0.3, 0.4) is 0 Å². The number of rotatable bonds is 8. The predicted octanol–water partition coefficient (Wildman–Crippen LogP) is 3.08. The smallest absolute Gasteiger partial charge is 0.0545 e. The molecule has 0 saturated heterocycles. The van der Waals surface area contributed by atoms with Gasteiger partial charge in [-0.05, 0) is 33.6 Å². The van der Waals surface area contributed by atoms with Crippen LogP contribution in [-0.2, 0) is 0 Å². The van der Waals surface area contributed by atoms with Gasteiger partial charge in [0.05, 0.1) is 5.75 Å². The van der Waals surface area contributed by atoms with Crippen LogP contribution in [0, 0.1) is 12.3 Å². The zero-order valence-electron chi connectivity index (χ0n) is 10.2. The fourth-order valence-electron chi connectivity index (χ4n) is 1.23. The van der Waals surface area contributed by atoms with Crippen molar-refractivity contribution in [1.29, 1.82) is 0 Å². The lowest BCUT2D eigenvalue weighted by Gasteiger charge is -2.12. The Balaban J connectivity index is 3.30. The summed E-state index contributed by atoms with van der Waals surface area (Å²) in [7, 11) is 0. The zero-order chi connectivity index (χ0) is 11.5. The summed E-state index contributed by atoms with van der Waals surface area (Å²) < 4.78 is 0. The Morgan fingerprint density at radius 1 is 1.53 bits per heavy atom. The summed E-state index contributed by atoms with van der Waals surface area (Å²) in [4.78, 5) is 0. The number of allylic oxidation sites excluding steroid dienone is 2. The minimum Gasteiger partial charge on any atom is -0.313 e. The van der Waals surface area contributed by atoms with E-state index in [-0.39, 0.29) is 0 Å². The van der Waals surface area contributed by atoms with E-state index in [1.54, 1.807) is 0 Å². The third-order valence-corrected chi connectivity index (χ3v) is 2.94. The molecule has 1 N–H and O–H groups in total. The first-order valence-electron chi connectivity index (χ1n) is 5.54. The third-order valence-electron chi connectivity index (χ3n) is 2.08. The fourth-order valence-corrected chi connectivity index (χ4v) is 1.76. The number of terminal acetylenes is 1. The Labute approximate surface area is 99.1 Å². The summed E-state index contributed by atoms with van der Waals surface area (Å²) in [6.45, 7) is 7.59. The first kappa shape index (κ1) is 14.6. The Bertz CT molecular complexity index is 211. The molecular weight excluding hydrogens is 202 g/mol. The van der Waals surface area contributed by atoms with Crippen molar-refractivity contribution < 1.29 is 0 Å². The highest BCUT2D eigenvalue weighted by Crippen LogP contribution is 2.02. The van der Waals surface area contributed by atoms with Gasteiger partial charge in [-0.3, -0.25) is 0 Å². The largest absolute Gasteiger partial charge is 0.313 e. The number of hydrogen-bond donors (Lipinski definition) is 1. The molecule has 15 heavy (non-hydrogen) atoms. The Kier molecular flexibility index (Phi) is 9.88. The van der Waals surface area contributed by atoms with E-state index in [0.29, 0.717) is 6.04 Å². The van der Waals surface area contributed by atoms with Gasteiger partial charge in [-0.2, -0.15) is 0 Å². The van der Waals surface area contributed by atoms with Gasteiger partial charge in [-0.15, -0.1) is 18.2 Å². The summed E-state index contributed by atoms with van der Waals surface area (Å²) in [6, 6.07) is 0.604. The Morgan fingerprint density at radius 2 is 2.27 bits per heavy atom. The second-order valence-corrected chi connectivity index (χ2v) is 5.08. The van der Waals surface area contributed by atoms with Crippen molar-refractivity contribution >= 4 is 11.8 Å². The van der Waals surface area contributed by atoms with Gasteiger partial charge in [0.25, 0.3) is 0 Å². The predicted molar refractivity (Wildman–Crippen MR) is 72.3 cm³/mol. The monoisotopic (exact) mass is 225 g/mol. The number of nitrogens with one attached hydrogen (secondary N) is 1. The van der Waals surface area contributed by atoms with Crippen molar-refractivity contribution in [3.8, 4) is 12.3 Å². The summed E-state index contributed by atoms with van der Waals surface area (Å²) in [6.07, 6.45) is 9.85. The van der Waals surface area contributed by atoms with Gasteiger partial charge in [0.2, 0.25) is 0 Å². The molecule has 0 heterocycles. The van der Waals surface area contributed by atoms with Crippen LogP contribution in [0.15, 0.2) is 11.6 Å². The quantitative estimate of drug-likeness (QED) is 0.387. The van der Waals surface area contributed by atoms with Crippen molar-refractivity contribution in [2.75, 3.05) is 18.1 Å². The molecule has 0 aromatic carbocycles. The Morgan fingerprint density at radius 3 is 2.87 bits per heavy atom. The highest BCUT2D eigenvalue weighted by molar-refractivity contribution is 7.99. The van der Waals surface area contributed by atoms with Gasteiger partial charge in [-0.1, -0.05) is 17.6 Å². The molecule has 0 radical (unpaired) electrons. The van der Waals surface area contributed by atoms with Crippen LogP contribution >= 0.6 is 11.8 Å². The molecule has 0 saturated carbocycles. The average molecular weight is 225 g/mol. The summed E-state index contributed by atoms with van der Waals surface area (Å²) in [5.74, 6) is 4.57. The van der Waals surface area contributed by atoms with E-state index in [1.165, 1.54) is 18.4 Å². The topological polar surface area (TPSA) is 12.0 Å². The van der Waals surface area contributed by atoms with Gasteiger partial charge in [0, 0.05) is 18.3 Å². The minimum atomic E-state index is 0.604. The number of hydrogen-bond acceptors (Lipinski definition) is 2.